The van der Waals surface area contributed by atoms with Crippen molar-refractivity contribution in [3.63, 3.8) is 0 Å². The van der Waals surface area contributed by atoms with Gasteiger partial charge in [0.1, 0.15) is 5.75 Å². The molecule has 0 saturated heterocycles. The van der Waals surface area contributed by atoms with Crippen LogP contribution in [0.4, 0.5) is 0 Å². The van der Waals surface area contributed by atoms with E-state index in [9.17, 15) is 0 Å². The second kappa shape index (κ2) is 5.65. The summed E-state index contributed by atoms with van der Waals surface area (Å²) in [7, 11) is 1.66. The van der Waals surface area contributed by atoms with Crippen LogP contribution in [-0.4, -0.2) is 16.9 Å². The van der Waals surface area contributed by atoms with E-state index in [1.165, 1.54) is 5.56 Å². The first-order chi connectivity index (χ1) is 6.88. The molecule has 0 fully saturated rings. The minimum absolute atomic E-state index is 0. The SMILES string of the molecule is COc1ccc(Cn2c[c-]cn2)cc1.[Li+]. The van der Waals surface area contributed by atoms with Crippen LogP contribution in [-0.2, 0) is 6.54 Å². The van der Waals surface area contributed by atoms with Crippen LogP contribution in [0.3, 0.4) is 0 Å². The van der Waals surface area contributed by atoms with Crippen LogP contribution in [0.15, 0.2) is 36.7 Å². The first-order valence-electron chi connectivity index (χ1n) is 4.40. The molecule has 0 saturated carbocycles. The molecule has 1 heterocycles. The maximum absolute atomic E-state index is 5.08. The second-order valence-corrected chi connectivity index (χ2v) is 2.99. The Morgan fingerprint density at radius 1 is 1.33 bits per heavy atom. The number of rotatable bonds is 3. The van der Waals surface area contributed by atoms with E-state index in [0.29, 0.717) is 0 Å². The third-order valence-corrected chi connectivity index (χ3v) is 2.01. The fraction of sp³-hybridized carbons (Fsp3) is 0.182. The Hall–Kier alpha value is -1.17. The smallest absolute Gasteiger partial charge is 0.497 e. The largest absolute Gasteiger partial charge is 1.00 e. The summed E-state index contributed by atoms with van der Waals surface area (Å²) >= 11 is 0. The molecule has 0 N–H and O–H groups in total. The maximum atomic E-state index is 5.08. The molecule has 15 heavy (non-hydrogen) atoms. The Kier molecular flexibility index (Phi) is 4.48. The molecule has 2 aromatic rings. The summed E-state index contributed by atoms with van der Waals surface area (Å²) in [4.78, 5) is 0. The van der Waals surface area contributed by atoms with Crippen molar-refractivity contribution in [1.29, 1.82) is 0 Å². The Balaban J connectivity index is 0.00000112. The van der Waals surface area contributed by atoms with E-state index in [1.54, 1.807) is 13.3 Å². The van der Waals surface area contributed by atoms with Crippen molar-refractivity contribution in [2.75, 3.05) is 7.11 Å². The molecule has 3 nitrogen and oxygen atoms in total. The molecule has 2 rings (SSSR count). The molecule has 4 heteroatoms. The Labute approximate surface area is 101 Å². The van der Waals surface area contributed by atoms with Crippen molar-refractivity contribution < 1.29 is 23.6 Å². The first-order valence-corrected chi connectivity index (χ1v) is 4.40. The number of ether oxygens (including phenoxy) is 1. The van der Waals surface area contributed by atoms with E-state index in [1.807, 2.05) is 35.1 Å². The van der Waals surface area contributed by atoms with E-state index in [0.717, 1.165) is 12.3 Å². The zero-order valence-electron chi connectivity index (χ0n) is 8.97. The minimum atomic E-state index is 0. The topological polar surface area (TPSA) is 27.1 Å². The average molecular weight is 194 g/mol. The third kappa shape index (κ3) is 3.16. The van der Waals surface area contributed by atoms with Gasteiger partial charge in [0.05, 0.1) is 13.7 Å². The van der Waals surface area contributed by atoms with Gasteiger partial charge < -0.3 is 15.5 Å². The molecule has 72 valence electrons. The van der Waals surface area contributed by atoms with Gasteiger partial charge in [0, 0.05) is 0 Å². The van der Waals surface area contributed by atoms with Crippen LogP contribution in [0, 0.1) is 6.07 Å². The summed E-state index contributed by atoms with van der Waals surface area (Å²) in [5.41, 5.74) is 1.20. The first kappa shape index (κ1) is 11.9. The maximum Gasteiger partial charge on any atom is 1.00 e. The molecule has 0 unspecified atom stereocenters. The quantitative estimate of drug-likeness (QED) is 0.450. The van der Waals surface area contributed by atoms with Crippen molar-refractivity contribution in [2.45, 2.75) is 6.54 Å². The number of methoxy groups -OCH3 is 1. The van der Waals surface area contributed by atoms with E-state index >= 15 is 0 Å². The van der Waals surface area contributed by atoms with Gasteiger partial charge in [0.25, 0.3) is 0 Å². The van der Waals surface area contributed by atoms with E-state index in [-0.39, 0.29) is 18.9 Å². The fourth-order valence-electron chi connectivity index (χ4n) is 1.26. The average Bonchev–Trinajstić information content (AvgIpc) is 2.72. The Morgan fingerprint density at radius 2 is 2.07 bits per heavy atom. The van der Waals surface area contributed by atoms with Crippen LogP contribution in [0.25, 0.3) is 0 Å². The van der Waals surface area contributed by atoms with Crippen molar-refractivity contribution in [2.24, 2.45) is 0 Å². The Bertz CT molecular complexity index is 383. The van der Waals surface area contributed by atoms with Gasteiger partial charge in [0.2, 0.25) is 0 Å². The van der Waals surface area contributed by atoms with Crippen molar-refractivity contribution >= 4 is 0 Å². The Morgan fingerprint density at radius 3 is 2.60 bits per heavy atom. The number of nitrogens with zero attached hydrogens (tertiary/aromatic N) is 2. The summed E-state index contributed by atoms with van der Waals surface area (Å²) in [6.45, 7) is 0.771. The van der Waals surface area contributed by atoms with Crippen LogP contribution in [0.1, 0.15) is 5.56 Å². The monoisotopic (exact) mass is 194 g/mol. The van der Waals surface area contributed by atoms with Crippen molar-refractivity contribution in [3.05, 3.63) is 48.3 Å². The molecule has 0 aliphatic carbocycles. The summed E-state index contributed by atoms with van der Waals surface area (Å²) in [5.74, 6) is 0.876. The van der Waals surface area contributed by atoms with Gasteiger partial charge in [-0.15, -0.1) is 6.20 Å². The number of hydrogen-bond acceptors (Lipinski definition) is 2. The van der Waals surface area contributed by atoms with E-state index in [2.05, 4.69) is 11.2 Å². The summed E-state index contributed by atoms with van der Waals surface area (Å²) in [6.07, 6.45) is 3.48. The molecule has 0 spiro atoms. The van der Waals surface area contributed by atoms with Crippen LogP contribution >= 0.6 is 0 Å². The van der Waals surface area contributed by atoms with Crippen LogP contribution in [0.2, 0.25) is 0 Å². The predicted molar refractivity (Wildman–Crippen MR) is 53.2 cm³/mol. The number of benzene rings is 1. The molecule has 0 aliphatic rings. The minimum Gasteiger partial charge on any atom is -0.497 e. The van der Waals surface area contributed by atoms with Crippen molar-refractivity contribution in [1.82, 2.24) is 9.78 Å². The predicted octanol–water partition coefficient (Wildman–Crippen LogP) is -1.26. The van der Waals surface area contributed by atoms with Gasteiger partial charge in [-0.25, -0.2) is 5.10 Å². The molecule has 0 bridgehead atoms. The van der Waals surface area contributed by atoms with E-state index < -0.39 is 0 Å². The standard InChI is InChI=1S/C11H11N2O.Li/c1-14-11-5-3-10(4-6-11)9-13-8-2-7-12-13;/h3-8H,9H2,1H3;/q-1;+1. The van der Waals surface area contributed by atoms with Gasteiger partial charge in [-0.3, -0.25) is 0 Å². The number of aromatic nitrogens is 2. The zero-order valence-corrected chi connectivity index (χ0v) is 8.97. The molecule has 0 aliphatic heterocycles. The number of hydrogen-bond donors (Lipinski definition) is 0. The van der Waals surface area contributed by atoms with Crippen LogP contribution < -0.4 is 23.6 Å². The second-order valence-electron chi connectivity index (χ2n) is 2.99. The van der Waals surface area contributed by atoms with E-state index in [4.69, 9.17) is 4.74 Å². The fourth-order valence-corrected chi connectivity index (χ4v) is 1.26. The van der Waals surface area contributed by atoms with Gasteiger partial charge in [-0.05, 0) is 17.7 Å². The van der Waals surface area contributed by atoms with Crippen molar-refractivity contribution in [3.8, 4) is 5.75 Å². The van der Waals surface area contributed by atoms with Gasteiger partial charge in [0.15, 0.2) is 0 Å². The molecule has 1 aromatic carbocycles. The normalized spacial score (nSPS) is 9.40. The summed E-state index contributed by atoms with van der Waals surface area (Å²) in [6, 6.07) is 10.9. The zero-order chi connectivity index (χ0) is 9.80. The van der Waals surface area contributed by atoms with Gasteiger partial charge >= 0.3 is 18.9 Å². The molecule has 0 radical (unpaired) electrons. The summed E-state index contributed by atoms with van der Waals surface area (Å²) < 4.78 is 6.91. The summed E-state index contributed by atoms with van der Waals surface area (Å²) in [5, 5.41) is 4.08. The van der Waals surface area contributed by atoms with Gasteiger partial charge in [-0.1, -0.05) is 12.1 Å². The molecular formula is C11H11LiN2O. The third-order valence-electron chi connectivity index (χ3n) is 2.01. The van der Waals surface area contributed by atoms with Gasteiger partial charge in [-0.2, -0.15) is 6.20 Å². The molecule has 0 atom stereocenters. The molecule has 1 aromatic heterocycles. The molecular weight excluding hydrogens is 183 g/mol. The molecule has 0 amide bonds. The van der Waals surface area contributed by atoms with Crippen LogP contribution in [0.5, 0.6) is 5.75 Å².